The minimum Gasteiger partial charge on any atom is -0.312 e. The number of nitrogens with one attached hydrogen (secondary N) is 1. The van der Waals surface area contributed by atoms with Gasteiger partial charge in [0.1, 0.15) is 0 Å². The van der Waals surface area contributed by atoms with Gasteiger partial charge in [0.25, 0.3) is 10.0 Å². The highest BCUT2D eigenvalue weighted by Crippen LogP contribution is 2.28. The Hall–Kier alpha value is -1.86. The zero-order valence-corrected chi connectivity index (χ0v) is 16.4. The van der Waals surface area contributed by atoms with Crippen molar-refractivity contribution < 1.29 is 13.2 Å². The van der Waals surface area contributed by atoms with Gasteiger partial charge in [-0.1, -0.05) is 15.9 Å². The van der Waals surface area contributed by atoms with E-state index < -0.39 is 10.0 Å². The van der Waals surface area contributed by atoms with Gasteiger partial charge in [-0.25, -0.2) is 8.42 Å². The molecule has 1 saturated heterocycles. The molecule has 0 aromatic heterocycles. The summed E-state index contributed by atoms with van der Waals surface area (Å²) in [5.74, 6) is 0.0853. The maximum atomic E-state index is 12.6. The summed E-state index contributed by atoms with van der Waals surface area (Å²) in [6.07, 6.45) is 1.38. The van der Waals surface area contributed by atoms with Crippen LogP contribution in [0.4, 0.5) is 11.4 Å². The van der Waals surface area contributed by atoms with Crippen molar-refractivity contribution in [2.24, 2.45) is 0 Å². The highest BCUT2D eigenvalue weighted by molar-refractivity contribution is 9.10. The number of aryl methyl sites for hydroxylation is 2. The standard InChI is InChI=1S/C18H19BrN2O3S/c1-12-10-14(5-7-16(12)19)20-25(23,24)15-6-8-17(13(2)11-15)21-9-3-4-18(21)22/h5-8,10-11,20H,3-4,9H2,1-2H3. The molecule has 0 unspecified atom stereocenters. The molecule has 0 bridgehead atoms. The Bertz CT molecular complexity index is 941. The molecule has 0 saturated carbocycles. The van der Waals surface area contributed by atoms with Crippen LogP contribution in [0.15, 0.2) is 45.8 Å². The highest BCUT2D eigenvalue weighted by atomic mass is 79.9. The number of hydrogen-bond donors (Lipinski definition) is 1. The van der Waals surface area contributed by atoms with Crippen LogP contribution in [0.1, 0.15) is 24.0 Å². The number of carbonyl (C=O) groups excluding carboxylic acids is 1. The number of benzene rings is 2. The molecule has 25 heavy (non-hydrogen) atoms. The highest BCUT2D eigenvalue weighted by Gasteiger charge is 2.24. The zero-order valence-electron chi connectivity index (χ0n) is 14.0. The molecule has 1 aliphatic rings. The van der Waals surface area contributed by atoms with E-state index in [9.17, 15) is 13.2 Å². The van der Waals surface area contributed by atoms with Gasteiger partial charge in [-0.05, 0) is 67.8 Å². The van der Waals surface area contributed by atoms with E-state index >= 15 is 0 Å². The van der Waals surface area contributed by atoms with Crippen molar-refractivity contribution in [1.82, 2.24) is 0 Å². The summed E-state index contributed by atoms with van der Waals surface area (Å²) in [4.78, 5) is 13.8. The molecule has 5 nitrogen and oxygen atoms in total. The molecule has 2 aromatic carbocycles. The van der Waals surface area contributed by atoms with Crippen molar-refractivity contribution in [2.45, 2.75) is 31.6 Å². The Morgan fingerprint density at radius 1 is 1.08 bits per heavy atom. The number of nitrogens with zero attached hydrogens (tertiary/aromatic N) is 1. The number of carbonyl (C=O) groups is 1. The first-order valence-corrected chi connectivity index (χ1v) is 10.3. The van der Waals surface area contributed by atoms with Crippen molar-refractivity contribution in [2.75, 3.05) is 16.2 Å². The van der Waals surface area contributed by atoms with E-state index in [4.69, 9.17) is 0 Å². The van der Waals surface area contributed by atoms with Crippen molar-refractivity contribution in [3.8, 4) is 0 Å². The lowest BCUT2D eigenvalue weighted by atomic mass is 10.2. The molecule has 132 valence electrons. The van der Waals surface area contributed by atoms with E-state index in [1.807, 2.05) is 13.8 Å². The van der Waals surface area contributed by atoms with Crippen LogP contribution in [-0.4, -0.2) is 20.9 Å². The predicted octanol–water partition coefficient (Wildman–Crippen LogP) is 3.99. The molecule has 1 amide bonds. The number of hydrogen-bond acceptors (Lipinski definition) is 3. The Labute approximate surface area is 156 Å². The van der Waals surface area contributed by atoms with E-state index in [-0.39, 0.29) is 10.8 Å². The Morgan fingerprint density at radius 3 is 2.44 bits per heavy atom. The molecule has 1 heterocycles. The second kappa shape index (κ2) is 6.80. The lowest BCUT2D eigenvalue weighted by Gasteiger charge is -2.19. The second-order valence-corrected chi connectivity index (χ2v) is 8.70. The molecule has 1 fully saturated rings. The largest absolute Gasteiger partial charge is 0.312 e. The normalized spacial score (nSPS) is 14.8. The third-order valence-electron chi connectivity index (χ3n) is 4.25. The molecule has 0 spiro atoms. The zero-order chi connectivity index (χ0) is 18.2. The second-order valence-electron chi connectivity index (χ2n) is 6.17. The van der Waals surface area contributed by atoms with Gasteiger partial charge in [0.2, 0.25) is 5.91 Å². The lowest BCUT2D eigenvalue weighted by molar-refractivity contribution is -0.117. The Balaban J connectivity index is 1.88. The van der Waals surface area contributed by atoms with Crippen LogP contribution in [-0.2, 0) is 14.8 Å². The van der Waals surface area contributed by atoms with Gasteiger partial charge in [0.05, 0.1) is 4.90 Å². The van der Waals surface area contributed by atoms with Crippen LogP contribution in [0.5, 0.6) is 0 Å². The molecule has 1 aliphatic heterocycles. The van der Waals surface area contributed by atoms with E-state index in [1.54, 1.807) is 41.3 Å². The number of rotatable bonds is 4. The fraction of sp³-hybridized carbons (Fsp3) is 0.278. The van der Waals surface area contributed by atoms with Gasteiger partial charge in [0.15, 0.2) is 0 Å². The van der Waals surface area contributed by atoms with E-state index in [2.05, 4.69) is 20.7 Å². The van der Waals surface area contributed by atoms with Crippen molar-refractivity contribution in [3.63, 3.8) is 0 Å². The van der Waals surface area contributed by atoms with Gasteiger partial charge in [-0.3, -0.25) is 9.52 Å². The minimum atomic E-state index is -3.69. The molecule has 0 aliphatic carbocycles. The monoisotopic (exact) mass is 422 g/mol. The maximum Gasteiger partial charge on any atom is 0.261 e. The van der Waals surface area contributed by atoms with Gasteiger partial charge in [-0.15, -0.1) is 0 Å². The first-order chi connectivity index (χ1) is 11.8. The lowest BCUT2D eigenvalue weighted by Crippen LogP contribution is -2.24. The van der Waals surface area contributed by atoms with Gasteiger partial charge >= 0.3 is 0 Å². The van der Waals surface area contributed by atoms with Crippen molar-refractivity contribution in [3.05, 3.63) is 52.0 Å². The quantitative estimate of drug-likeness (QED) is 0.809. The molecule has 1 N–H and O–H groups in total. The summed E-state index contributed by atoms with van der Waals surface area (Å²) < 4.78 is 28.8. The summed E-state index contributed by atoms with van der Waals surface area (Å²) in [5.41, 5.74) is 3.00. The van der Waals surface area contributed by atoms with Gasteiger partial charge in [0, 0.05) is 28.8 Å². The molecule has 2 aromatic rings. The fourth-order valence-corrected chi connectivity index (χ4v) is 4.30. The molecular formula is C18H19BrN2O3S. The average molecular weight is 423 g/mol. The number of halogens is 1. The van der Waals surface area contributed by atoms with Gasteiger partial charge in [-0.2, -0.15) is 0 Å². The first kappa shape index (κ1) is 17.9. The number of amides is 1. The Morgan fingerprint density at radius 2 is 1.84 bits per heavy atom. The van der Waals surface area contributed by atoms with Crippen LogP contribution in [0, 0.1) is 13.8 Å². The molecular weight excluding hydrogens is 404 g/mol. The number of sulfonamides is 1. The predicted molar refractivity (Wildman–Crippen MR) is 102 cm³/mol. The van der Waals surface area contributed by atoms with Crippen LogP contribution < -0.4 is 9.62 Å². The minimum absolute atomic E-state index is 0.0853. The molecule has 3 rings (SSSR count). The third kappa shape index (κ3) is 3.72. The van der Waals surface area contributed by atoms with Crippen LogP contribution in [0.2, 0.25) is 0 Å². The third-order valence-corrected chi connectivity index (χ3v) is 6.52. The average Bonchev–Trinajstić information content (AvgIpc) is 2.96. The topological polar surface area (TPSA) is 66.5 Å². The van der Waals surface area contributed by atoms with Gasteiger partial charge < -0.3 is 4.90 Å². The summed E-state index contributed by atoms with van der Waals surface area (Å²) in [6.45, 7) is 4.40. The van der Waals surface area contributed by atoms with E-state index in [0.29, 0.717) is 18.7 Å². The van der Waals surface area contributed by atoms with Crippen molar-refractivity contribution in [1.29, 1.82) is 0 Å². The molecule has 0 atom stereocenters. The smallest absolute Gasteiger partial charge is 0.261 e. The first-order valence-electron chi connectivity index (χ1n) is 7.98. The van der Waals surface area contributed by atoms with E-state index in [0.717, 1.165) is 27.7 Å². The molecule has 0 radical (unpaired) electrons. The van der Waals surface area contributed by atoms with E-state index in [1.165, 1.54) is 0 Å². The van der Waals surface area contributed by atoms with Crippen molar-refractivity contribution >= 4 is 43.2 Å². The summed E-state index contributed by atoms with van der Waals surface area (Å²) in [6, 6.07) is 10.1. The summed E-state index contributed by atoms with van der Waals surface area (Å²) in [7, 11) is -3.69. The van der Waals surface area contributed by atoms with Crippen LogP contribution in [0.25, 0.3) is 0 Å². The SMILES string of the molecule is Cc1cc(NS(=O)(=O)c2ccc(N3CCCC3=O)c(C)c2)ccc1Br. The maximum absolute atomic E-state index is 12.6. The molecule has 7 heteroatoms. The Kier molecular flexibility index (Phi) is 4.88. The summed E-state index contributed by atoms with van der Waals surface area (Å²) in [5, 5.41) is 0. The van der Waals surface area contributed by atoms with Crippen LogP contribution >= 0.6 is 15.9 Å². The van der Waals surface area contributed by atoms with Crippen LogP contribution in [0.3, 0.4) is 0 Å². The number of anilines is 2. The fourth-order valence-electron chi connectivity index (χ4n) is 2.92. The summed E-state index contributed by atoms with van der Waals surface area (Å²) >= 11 is 3.40.